The smallest absolute Gasteiger partial charge is 0.197 e. The van der Waals surface area contributed by atoms with Gasteiger partial charge in [-0.15, -0.1) is 5.10 Å². The molecule has 7 nitrogen and oxygen atoms in total. The number of tetrazole rings is 1. The first-order chi connectivity index (χ1) is 16.9. The minimum Gasteiger partial charge on any atom is -0.462 e. The molecule has 0 spiro atoms. The molecule has 176 valence electrons. The van der Waals surface area contributed by atoms with E-state index >= 15 is 0 Å². The predicted octanol–water partition coefficient (Wildman–Crippen LogP) is 5.61. The van der Waals surface area contributed by atoms with Crippen molar-refractivity contribution in [1.82, 2.24) is 25.1 Å². The van der Waals surface area contributed by atoms with Gasteiger partial charge in [0, 0.05) is 17.1 Å². The van der Waals surface area contributed by atoms with Crippen molar-refractivity contribution in [3.05, 3.63) is 116 Å². The van der Waals surface area contributed by atoms with Crippen LogP contribution >= 0.6 is 23.2 Å². The molecule has 0 radical (unpaired) electrons. The Balaban J connectivity index is 1.59. The van der Waals surface area contributed by atoms with E-state index in [0.29, 0.717) is 32.4 Å². The lowest BCUT2D eigenvalue weighted by Gasteiger charge is -2.27. The van der Waals surface area contributed by atoms with Crippen LogP contribution in [0.15, 0.2) is 82.2 Å². The second-order valence-electron chi connectivity index (χ2n) is 8.32. The Morgan fingerprint density at radius 1 is 1.06 bits per heavy atom. The number of para-hydroxylation sites is 1. The van der Waals surface area contributed by atoms with Crippen molar-refractivity contribution in [3.8, 4) is 5.69 Å². The van der Waals surface area contributed by atoms with Gasteiger partial charge in [0.15, 0.2) is 16.8 Å². The van der Waals surface area contributed by atoms with Gasteiger partial charge in [-0.25, -0.2) is 0 Å². The molecule has 0 saturated heterocycles. The van der Waals surface area contributed by atoms with Crippen LogP contribution < -0.4 is 5.43 Å². The Bertz CT molecular complexity index is 1570. The third-order valence-electron chi connectivity index (χ3n) is 5.92. The summed E-state index contributed by atoms with van der Waals surface area (Å²) in [7, 11) is 1.92. The fourth-order valence-corrected chi connectivity index (χ4v) is 4.79. The standard InChI is InChI=1S/C26H21Cl2N5O2/c1-16-8-6-7-11-22(16)33-26(29-30-31-33)23(17-9-4-3-5-10-17)32(2)14-18-15-35-25-20(24(18)34)12-19(27)13-21(25)28/h3-13,15,23H,14H2,1-2H3/t23-/m1/s1. The second-order valence-corrected chi connectivity index (χ2v) is 9.16. The normalized spacial score (nSPS) is 12.4. The molecule has 5 rings (SSSR count). The molecule has 35 heavy (non-hydrogen) atoms. The Kier molecular flexibility index (Phi) is 6.38. The van der Waals surface area contributed by atoms with Crippen LogP contribution in [0.2, 0.25) is 10.0 Å². The molecule has 0 N–H and O–H groups in total. The minimum atomic E-state index is -0.344. The van der Waals surface area contributed by atoms with E-state index in [2.05, 4.69) is 15.5 Å². The van der Waals surface area contributed by atoms with Crippen molar-refractivity contribution in [2.45, 2.75) is 19.5 Å². The fourth-order valence-electron chi connectivity index (χ4n) is 4.25. The lowest BCUT2D eigenvalue weighted by atomic mass is 10.0. The molecule has 9 heteroatoms. The lowest BCUT2D eigenvalue weighted by Crippen LogP contribution is -2.30. The van der Waals surface area contributed by atoms with Crippen molar-refractivity contribution >= 4 is 34.2 Å². The zero-order valence-electron chi connectivity index (χ0n) is 19.0. The summed E-state index contributed by atoms with van der Waals surface area (Å²) in [5.41, 5.74) is 3.50. The van der Waals surface area contributed by atoms with Crippen molar-refractivity contribution < 1.29 is 4.42 Å². The Morgan fingerprint density at radius 2 is 1.80 bits per heavy atom. The van der Waals surface area contributed by atoms with Gasteiger partial charge in [-0.3, -0.25) is 9.69 Å². The molecular formula is C26H21Cl2N5O2. The van der Waals surface area contributed by atoms with Gasteiger partial charge in [0.25, 0.3) is 0 Å². The summed E-state index contributed by atoms with van der Waals surface area (Å²) in [4.78, 5) is 15.3. The van der Waals surface area contributed by atoms with Gasteiger partial charge in [0.05, 0.1) is 28.4 Å². The molecule has 0 fully saturated rings. The van der Waals surface area contributed by atoms with Crippen LogP contribution in [0.3, 0.4) is 0 Å². The van der Waals surface area contributed by atoms with Gasteiger partial charge in [-0.05, 0) is 53.7 Å². The minimum absolute atomic E-state index is 0.187. The molecule has 0 aliphatic carbocycles. The average Bonchev–Trinajstić information content (AvgIpc) is 3.31. The molecule has 0 aliphatic heterocycles. The van der Waals surface area contributed by atoms with Gasteiger partial charge >= 0.3 is 0 Å². The number of benzene rings is 3. The van der Waals surface area contributed by atoms with Gasteiger partial charge in [-0.1, -0.05) is 71.7 Å². The van der Waals surface area contributed by atoms with Gasteiger partial charge < -0.3 is 4.42 Å². The molecule has 0 unspecified atom stereocenters. The van der Waals surface area contributed by atoms with Crippen molar-refractivity contribution in [2.75, 3.05) is 7.05 Å². The third-order valence-corrected chi connectivity index (χ3v) is 6.42. The number of nitrogens with zero attached hydrogens (tertiary/aromatic N) is 5. The molecule has 2 aromatic heterocycles. The lowest BCUT2D eigenvalue weighted by molar-refractivity contribution is 0.256. The number of hydrogen-bond acceptors (Lipinski definition) is 6. The quantitative estimate of drug-likeness (QED) is 0.298. The van der Waals surface area contributed by atoms with E-state index in [0.717, 1.165) is 16.8 Å². The highest BCUT2D eigenvalue weighted by atomic mass is 35.5. The maximum Gasteiger partial charge on any atom is 0.197 e. The molecule has 5 aromatic rings. The number of rotatable bonds is 6. The summed E-state index contributed by atoms with van der Waals surface area (Å²) in [5.74, 6) is 0.629. The number of aryl methyl sites for hydroxylation is 1. The first-order valence-electron chi connectivity index (χ1n) is 10.9. The summed E-state index contributed by atoms with van der Waals surface area (Å²) < 4.78 is 7.47. The summed E-state index contributed by atoms with van der Waals surface area (Å²) in [5, 5.41) is 13.7. The topological polar surface area (TPSA) is 77.1 Å². The zero-order valence-corrected chi connectivity index (χ0v) is 20.5. The highest BCUT2D eigenvalue weighted by Gasteiger charge is 2.27. The van der Waals surface area contributed by atoms with Crippen LogP contribution in [0.5, 0.6) is 0 Å². The first kappa shape index (κ1) is 23.2. The Hall–Kier alpha value is -3.52. The summed E-state index contributed by atoms with van der Waals surface area (Å²) in [6.45, 7) is 2.29. The van der Waals surface area contributed by atoms with E-state index in [1.807, 2.05) is 73.5 Å². The van der Waals surface area contributed by atoms with E-state index in [1.54, 1.807) is 16.8 Å². The van der Waals surface area contributed by atoms with Crippen LogP contribution in [-0.4, -0.2) is 32.2 Å². The first-order valence-corrected chi connectivity index (χ1v) is 11.7. The van der Waals surface area contributed by atoms with Crippen LogP contribution in [0.1, 0.15) is 28.6 Å². The van der Waals surface area contributed by atoms with E-state index in [-0.39, 0.29) is 18.0 Å². The summed E-state index contributed by atoms with van der Waals surface area (Å²) in [6, 6.07) is 20.6. The molecule has 0 amide bonds. The highest BCUT2D eigenvalue weighted by molar-refractivity contribution is 6.38. The monoisotopic (exact) mass is 505 g/mol. The Labute approximate surface area is 211 Å². The van der Waals surface area contributed by atoms with Gasteiger partial charge in [0.1, 0.15) is 0 Å². The fraction of sp³-hybridized carbons (Fsp3) is 0.154. The van der Waals surface area contributed by atoms with Crippen molar-refractivity contribution in [2.24, 2.45) is 0 Å². The second kappa shape index (κ2) is 9.62. The largest absolute Gasteiger partial charge is 0.462 e. The van der Waals surface area contributed by atoms with Crippen molar-refractivity contribution in [3.63, 3.8) is 0 Å². The SMILES string of the molecule is Cc1ccccc1-n1nnnc1[C@@H](c1ccccc1)N(C)Cc1coc2c(Cl)cc(Cl)cc2c1=O. The predicted molar refractivity (Wildman–Crippen MR) is 136 cm³/mol. The Morgan fingerprint density at radius 3 is 2.57 bits per heavy atom. The number of hydrogen-bond donors (Lipinski definition) is 0. The van der Waals surface area contributed by atoms with E-state index < -0.39 is 0 Å². The third kappa shape index (κ3) is 4.46. The number of aromatic nitrogens is 4. The molecule has 0 aliphatic rings. The van der Waals surface area contributed by atoms with Crippen LogP contribution in [0, 0.1) is 6.92 Å². The van der Waals surface area contributed by atoms with E-state index in [4.69, 9.17) is 27.6 Å². The van der Waals surface area contributed by atoms with Gasteiger partial charge in [-0.2, -0.15) is 4.68 Å². The van der Waals surface area contributed by atoms with Gasteiger partial charge in [0.2, 0.25) is 0 Å². The number of halogens is 2. The molecule has 3 aromatic carbocycles. The molecule has 2 heterocycles. The van der Waals surface area contributed by atoms with Crippen LogP contribution in [0.25, 0.3) is 16.7 Å². The average molecular weight is 506 g/mol. The molecule has 0 saturated carbocycles. The maximum atomic E-state index is 13.3. The maximum absolute atomic E-state index is 13.3. The molecule has 1 atom stereocenters. The van der Waals surface area contributed by atoms with E-state index in [9.17, 15) is 4.79 Å². The molecule has 0 bridgehead atoms. The summed E-state index contributed by atoms with van der Waals surface area (Å²) in [6.07, 6.45) is 1.45. The highest BCUT2D eigenvalue weighted by Crippen LogP contribution is 2.30. The van der Waals surface area contributed by atoms with Crippen LogP contribution in [0.4, 0.5) is 0 Å². The van der Waals surface area contributed by atoms with Crippen molar-refractivity contribution in [1.29, 1.82) is 0 Å². The summed E-state index contributed by atoms with van der Waals surface area (Å²) >= 11 is 12.4. The zero-order chi connectivity index (χ0) is 24.5. The van der Waals surface area contributed by atoms with Crippen LogP contribution in [-0.2, 0) is 6.54 Å². The van der Waals surface area contributed by atoms with E-state index in [1.165, 1.54) is 6.26 Å². The molecular weight excluding hydrogens is 485 g/mol. The number of fused-ring (bicyclic) bond motifs is 1.